The molecular formula is C23H26N2O5. The minimum Gasteiger partial charge on any atom is -0.464 e. The van der Waals surface area contributed by atoms with Gasteiger partial charge in [-0.1, -0.05) is 60.7 Å². The molecule has 0 saturated carbocycles. The summed E-state index contributed by atoms with van der Waals surface area (Å²) in [7, 11) is 0. The van der Waals surface area contributed by atoms with Crippen molar-refractivity contribution in [3.63, 3.8) is 0 Å². The normalized spacial score (nSPS) is 18.2. The molecule has 2 N–H and O–H groups in total. The summed E-state index contributed by atoms with van der Waals surface area (Å²) in [5, 5.41) is 5.60. The van der Waals surface area contributed by atoms with Gasteiger partial charge in [0.25, 0.3) is 5.91 Å². The minimum absolute atomic E-state index is 0.217. The molecule has 1 aliphatic heterocycles. The number of carbonyl (C=O) groups is 3. The van der Waals surface area contributed by atoms with Crippen molar-refractivity contribution in [2.75, 3.05) is 6.61 Å². The molecule has 0 unspecified atom stereocenters. The topological polar surface area (TPSA) is 97.0 Å². The second-order valence-corrected chi connectivity index (χ2v) is 7.02. The lowest BCUT2D eigenvalue weighted by Crippen LogP contribution is -2.48. The third-order valence-corrected chi connectivity index (χ3v) is 4.78. The van der Waals surface area contributed by atoms with Crippen LogP contribution in [0, 0.1) is 0 Å². The highest BCUT2D eigenvalue weighted by Gasteiger charge is 2.52. The molecule has 0 radical (unpaired) electrons. The van der Waals surface area contributed by atoms with Gasteiger partial charge in [0.05, 0.1) is 6.61 Å². The maximum Gasteiger partial charge on any atom is 0.338 e. The Morgan fingerprint density at radius 1 is 0.967 bits per heavy atom. The summed E-state index contributed by atoms with van der Waals surface area (Å²) in [6.45, 7) is 2.27. The number of hydrogen-bond acceptors (Lipinski definition) is 5. The van der Waals surface area contributed by atoms with Gasteiger partial charge >= 0.3 is 5.97 Å². The van der Waals surface area contributed by atoms with Crippen LogP contribution in [0.15, 0.2) is 60.7 Å². The fraction of sp³-hybridized carbons (Fsp3) is 0.348. The van der Waals surface area contributed by atoms with Gasteiger partial charge in [0.15, 0.2) is 12.2 Å². The van der Waals surface area contributed by atoms with E-state index in [0.29, 0.717) is 19.4 Å². The van der Waals surface area contributed by atoms with Gasteiger partial charge in [-0.15, -0.1) is 0 Å². The van der Waals surface area contributed by atoms with Crippen molar-refractivity contribution in [2.24, 2.45) is 0 Å². The maximum absolute atomic E-state index is 12.8. The van der Waals surface area contributed by atoms with Crippen LogP contribution in [0.2, 0.25) is 0 Å². The fourth-order valence-corrected chi connectivity index (χ4v) is 3.10. The molecule has 0 aromatic heterocycles. The van der Waals surface area contributed by atoms with E-state index in [1.165, 1.54) is 0 Å². The zero-order valence-corrected chi connectivity index (χ0v) is 16.9. The molecule has 1 fully saturated rings. The zero-order chi connectivity index (χ0) is 21.3. The van der Waals surface area contributed by atoms with E-state index in [4.69, 9.17) is 9.47 Å². The monoisotopic (exact) mass is 410 g/mol. The standard InChI is InChI=1S/C23H26N2O5/c1-2-29-23(28)20-19(30-20)22(27)25-18(14-13-16-9-5-3-6-10-16)21(26)24-15-17-11-7-4-8-12-17/h3-12,18-20H,2,13-15H2,1H3,(H,24,26)(H,25,27)/t18-,19-,20-/m1/s1. The minimum atomic E-state index is -0.912. The molecule has 158 valence electrons. The molecular weight excluding hydrogens is 384 g/mol. The van der Waals surface area contributed by atoms with Crippen LogP contribution in [-0.4, -0.2) is 42.6 Å². The molecule has 1 heterocycles. The lowest BCUT2D eigenvalue weighted by atomic mass is 10.0. The van der Waals surface area contributed by atoms with Crippen LogP contribution in [0.25, 0.3) is 0 Å². The van der Waals surface area contributed by atoms with Gasteiger partial charge in [0, 0.05) is 6.54 Å². The Bertz CT molecular complexity index is 856. The molecule has 2 amide bonds. The molecule has 1 saturated heterocycles. The second kappa shape index (κ2) is 10.5. The van der Waals surface area contributed by atoms with Crippen LogP contribution < -0.4 is 10.6 Å². The first-order valence-electron chi connectivity index (χ1n) is 10.1. The van der Waals surface area contributed by atoms with Crippen molar-refractivity contribution >= 4 is 17.8 Å². The van der Waals surface area contributed by atoms with E-state index < -0.39 is 30.1 Å². The van der Waals surface area contributed by atoms with Gasteiger partial charge in [0.2, 0.25) is 5.91 Å². The molecule has 2 aromatic carbocycles. The average molecular weight is 410 g/mol. The van der Waals surface area contributed by atoms with Crippen LogP contribution in [0.4, 0.5) is 0 Å². The fourth-order valence-electron chi connectivity index (χ4n) is 3.10. The van der Waals surface area contributed by atoms with Crippen LogP contribution in [-0.2, 0) is 36.8 Å². The van der Waals surface area contributed by atoms with E-state index in [1.54, 1.807) is 6.92 Å². The second-order valence-electron chi connectivity index (χ2n) is 7.02. The predicted octanol–water partition coefficient (Wildman–Crippen LogP) is 1.75. The number of ether oxygens (including phenoxy) is 2. The molecule has 0 aliphatic carbocycles. The van der Waals surface area contributed by atoms with Gasteiger partial charge in [-0.3, -0.25) is 9.59 Å². The van der Waals surface area contributed by atoms with E-state index in [2.05, 4.69) is 10.6 Å². The van der Waals surface area contributed by atoms with Crippen LogP contribution in [0.3, 0.4) is 0 Å². The highest BCUT2D eigenvalue weighted by Crippen LogP contribution is 2.24. The number of rotatable bonds is 10. The highest BCUT2D eigenvalue weighted by molar-refractivity contribution is 5.95. The zero-order valence-electron chi connectivity index (χ0n) is 16.9. The first-order chi connectivity index (χ1) is 14.6. The molecule has 1 aliphatic rings. The Hall–Kier alpha value is -3.19. The summed E-state index contributed by atoms with van der Waals surface area (Å²) < 4.78 is 10.0. The predicted molar refractivity (Wildman–Crippen MR) is 110 cm³/mol. The number of esters is 1. The summed E-state index contributed by atoms with van der Waals surface area (Å²) in [5.74, 6) is -1.33. The molecule has 30 heavy (non-hydrogen) atoms. The maximum atomic E-state index is 12.8. The van der Waals surface area contributed by atoms with Crippen molar-refractivity contribution in [2.45, 2.75) is 44.6 Å². The largest absolute Gasteiger partial charge is 0.464 e. The van der Waals surface area contributed by atoms with Crippen molar-refractivity contribution in [1.82, 2.24) is 10.6 Å². The Morgan fingerprint density at radius 2 is 1.60 bits per heavy atom. The molecule has 3 atom stereocenters. The smallest absolute Gasteiger partial charge is 0.338 e. The van der Waals surface area contributed by atoms with Gasteiger partial charge in [0.1, 0.15) is 6.04 Å². The Labute approximate surface area is 175 Å². The molecule has 0 spiro atoms. The van der Waals surface area contributed by atoms with Crippen molar-refractivity contribution < 1.29 is 23.9 Å². The van der Waals surface area contributed by atoms with E-state index in [1.807, 2.05) is 60.7 Å². The quantitative estimate of drug-likeness (QED) is 0.460. The van der Waals surface area contributed by atoms with E-state index >= 15 is 0 Å². The van der Waals surface area contributed by atoms with Crippen molar-refractivity contribution in [3.8, 4) is 0 Å². The Balaban J connectivity index is 1.59. The first kappa shape index (κ1) is 21.5. The number of aryl methyl sites for hydroxylation is 1. The number of benzene rings is 2. The van der Waals surface area contributed by atoms with E-state index in [9.17, 15) is 14.4 Å². The number of hydrogen-bond donors (Lipinski definition) is 2. The molecule has 7 heteroatoms. The Morgan fingerprint density at radius 3 is 2.23 bits per heavy atom. The van der Waals surface area contributed by atoms with Crippen LogP contribution >= 0.6 is 0 Å². The third kappa shape index (κ3) is 6.15. The number of amides is 2. The summed E-state index contributed by atoms with van der Waals surface area (Å²) >= 11 is 0. The van der Waals surface area contributed by atoms with Gasteiger partial charge in [-0.05, 0) is 30.9 Å². The lowest BCUT2D eigenvalue weighted by molar-refractivity contribution is -0.144. The average Bonchev–Trinajstić information content (AvgIpc) is 3.58. The summed E-state index contributed by atoms with van der Waals surface area (Å²) in [4.78, 5) is 37.0. The molecule has 0 bridgehead atoms. The first-order valence-corrected chi connectivity index (χ1v) is 10.1. The highest BCUT2D eigenvalue weighted by atomic mass is 16.6. The molecule has 3 rings (SSSR count). The number of epoxide rings is 1. The summed E-state index contributed by atoms with van der Waals surface area (Å²) in [6.07, 6.45) is -0.762. The van der Waals surface area contributed by atoms with Gasteiger partial charge in [-0.2, -0.15) is 0 Å². The van der Waals surface area contributed by atoms with E-state index in [-0.39, 0.29) is 12.5 Å². The lowest BCUT2D eigenvalue weighted by Gasteiger charge is -2.18. The Kier molecular flexibility index (Phi) is 7.57. The third-order valence-electron chi connectivity index (χ3n) is 4.78. The number of nitrogens with one attached hydrogen (secondary N) is 2. The van der Waals surface area contributed by atoms with Crippen LogP contribution in [0.5, 0.6) is 0 Å². The molecule has 7 nitrogen and oxygen atoms in total. The van der Waals surface area contributed by atoms with Gasteiger partial charge in [-0.25, -0.2) is 4.79 Å². The summed E-state index contributed by atoms with van der Waals surface area (Å²) in [5.41, 5.74) is 2.03. The van der Waals surface area contributed by atoms with Gasteiger partial charge < -0.3 is 20.1 Å². The molecule has 2 aromatic rings. The van der Waals surface area contributed by atoms with E-state index in [0.717, 1.165) is 11.1 Å². The SMILES string of the molecule is CCOC(=O)[C@@H]1O[C@H]1C(=O)N[C@H](CCc1ccccc1)C(=O)NCc1ccccc1. The van der Waals surface area contributed by atoms with Crippen LogP contribution in [0.1, 0.15) is 24.5 Å². The van der Waals surface area contributed by atoms with Crippen molar-refractivity contribution in [3.05, 3.63) is 71.8 Å². The number of carbonyl (C=O) groups excluding carboxylic acids is 3. The summed E-state index contributed by atoms with van der Waals surface area (Å²) in [6, 6.07) is 18.5. The van der Waals surface area contributed by atoms with Crippen molar-refractivity contribution in [1.29, 1.82) is 0 Å².